The molecule has 11 rings (SSSR count). The van der Waals surface area contributed by atoms with Gasteiger partial charge in [0.1, 0.15) is 0 Å². The first kappa shape index (κ1) is 29.9. The Kier molecular flexibility index (Phi) is 6.27. The number of hydrogen-bond acceptors (Lipinski definition) is 2. The fourth-order valence-electron chi connectivity index (χ4n) is 9.05. The molecule has 250 valence electrons. The van der Waals surface area contributed by atoms with E-state index in [0.717, 1.165) is 39.2 Å². The zero-order valence-corrected chi connectivity index (χ0v) is 29.5. The van der Waals surface area contributed by atoms with E-state index in [2.05, 4.69) is 193 Å². The van der Waals surface area contributed by atoms with Gasteiger partial charge < -0.3 is 4.57 Å². The summed E-state index contributed by atoms with van der Waals surface area (Å²) in [5, 5.41) is 4.90. The van der Waals surface area contributed by atoms with Gasteiger partial charge in [0, 0.05) is 49.3 Å². The van der Waals surface area contributed by atoms with Crippen molar-refractivity contribution in [3.63, 3.8) is 0 Å². The molecule has 7 aromatic carbocycles. The first-order valence-electron chi connectivity index (χ1n) is 18.3. The molecule has 1 aliphatic carbocycles. The summed E-state index contributed by atoms with van der Waals surface area (Å²) in [6.45, 7) is 4.78. The zero-order valence-electron chi connectivity index (χ0n) is 29.5. The fourth-order valence-corrected chi connectivity index (χ4v) is 9.05. The first-order chi connectivity index (χ1) is 26.1. The number of fused-ring (bicyclic) bond motifs is 12. The average Bonchev–Trinajstić information content (AvgIpc) is 3.82. The largest absolute Gasteiger partial charge is 0.309 e. The van der Waals surface area contributed by atoms with Crippen LogP contribution in [-0.2, 0) is 5.41 Å². The monoisotopic (exact) mass is 678 g/mol. The molecule has 0 aliphatic heterocycles. The lowest BCUT2D eigenvalue weighted by Crippen LogP contribution is -2.16. The normalized spacial score (nSPS) is 13.2. The number of para-hydroxylation sites is 3. The van der Waals surface area contributed by atoms with E-state index in [-0.39, 0.29) is 5.41 Å². The van der Waals surface area contributed by atoms with Crippen LogP contribution in [-0.4, -0.2) is 19.1 Å². The number of nitrogens with zero attached hydrogens (tertiary/aromatic N) is 4. The third kappa shape index (κ3) is 4.18. The third-order valence-corrected chi connectivity index (χ3v) is 11.3. The Morgan fingerprint density at radius 1 is 0.472 bits per heavy atom. The minimum atomic E-state index is -0.289. The van der Waals surface area contributed by atoms with Crippen molar-refractivity contribution in [1.29, 1.82) is 0 Å². The van der Waals surface area contributed by atoms with Crippen molar-refractivity contribution in [3.8, 4) is 45.3 Å². The van der Waals surface area contributed by atoms with E-state index in [4.69, 9.17) is 9.97 Å². The summed E-state index contributed by atoms with van der Waals surface area (Å²) >= 11 is 0. The third-order valence-electron chi connectivity index (χ3n) is 11.3. The Morgan fingerprint density at radius 2 is 0.962 bits per heavy atom. The van der Waals surface area contributed by atoms with Gasteiger partial charge in [-0.05, 0) is 47.0 Å². The van der Waals surface area contributed by atoms with Crippen LogP contribution in [0.2, 0.25) is 0 Å². The Hall–Kier alpha value is -6.78. The van der Waals surface area contributed by atoms with E-state index in [0.29, 0.717) is 5.95 Å². The maximum Gasteiger partial charge on any atom is 0.235 e. The van der Waals surface area contributed by atoms with Crippen LogP contribution in [0.5, 0.6) is 0 Å². The molecule has 53 heavy (non-hydrogen) atoms. The Labute approximate surface area is 307 Å². The lowest BCUT2D eigenvalue weighted by molar-refractivity contribution is 0.664. The quantitative estimate of drug-likeness (QED) is 0.186. The Bertz CT molecular complexity index is 3000. The van der Waals surface area contributed by atoms with Gasteiger partial charge in [0.2, 0.25) is 5.95 Å². The first-order valence-corrected chi connectivity index (χ1v) is 18.3. The smallest absolute Gasteiger partial charge is 0.235 e. The minimum Gasteiger partial charge on any atom is -0.309 e. The Balaban J connectivity index is 1.40. The molecule has 1 aliphatic rings. The summed E-state index contributed by atoms with van der Waals surface area (Å²) in [5.74, 6) is 0.659. The van der Waals surface area contributed by atoms with Gasteiger partial charge in [-0.2, -0.15) is 0 Å². The summed E-state index contributed by atoms with van der Waals surface area (Å²) in [6, 6.07) is 60.6. The summed E-state index contributed by atoms with van der Waals surface area (Å²) in [6.07, 6.45) is 0. The topological polar surface area (TPSA) is 35.6 Å². The van der Waals surface area contributed by atoms with Crippen LogP contribution in [0.1, 0.15) is 25.0 Å². The van der Waals surface area contributed by atoms with E-state index in [1.54, 1.807) is 0 Å². The van der Waals surface area contributed by atoms with Gasteiger partial charge in [-0.1, -0.05) is 153 Å². The van der Waals surface area contributed by atoms with Gasteiger partial charge >= 0.3 is 0 Å². The average molecular weight is 679 g/mol. The molecule has 0 radical (unpaired) electrons. The van der Waals surface area contributed by atoms with Gasteiger partial charge in [0.25, 0.3) is 0 Å². The van der Waals surface area contributed by atoms with Gasteiger partial charge in [0.15, 0.2) is 0 Å². The molecule has 0 N–H and O–H groups in total. The van der Waals surface area contributed by atoms with E-state index in [1.165, 1.54) is 54.8 Å². The summed E-state index contributed by atoms with van der Waals surface area (Å²) < 4.78 is 4.86. The standard InChI is InChI=1S/C49H34N4/c1-49(2)37-27-15-12-24-34(37)44-45(49)47-43(35-25-13-16-28-40(35)52(47)33-22-10-5-11-23-33)42-36-26-14-17-29-41(36)53(46(42)44)48-50-38(31-18-6-3-7-19-31)30-39(51-48)32-20-8-4-9-21-32/h3-30H,1-2H3. The second-order valence-corrected chi connectivity index (χ2v) is 14.6. The molecule has 0 fully saturated rings. The van der Waals surface area contributed by atoms with Crippen LogP contribution in [0.4, 0.5) is 0 Å². The molecule has 0 saturated heterocycles. The minimum absolute atomic E-state index is 0.289. The number of aromatic nitrogens is 4. The molecule has 3 heterocycles. The highest BCUT2D eigenvalue weighted by Crippen LogP contribution is 2.58. The van der Waals surface area contributed by atoms with Crippen LogP contribution in [0, 0.1) is 0 Å². The molecule has 0 atom stereocenters. The molecule has 0 spiro atoms. The number of hydrogen-bond donors (Lipinski definition) is 0. The van der Waals surface area contributed by atoms with Gasteiger partial charge in [-0.25, -0.2) is 9.97 Å². The fraction of sp³-hybridized carbons (Fsp3) is 0.0612. The molecule has 0 saturated carbocycles. The van der Waals surface area contributed by atoms with E-state index >= 15 is 0 Å². The number of rotatable bonds is 4. The Morgan fingerprint density at radius 3 is 1.58 bits per heavy atom. The second-order valence-electron chi connectivity index (χ2n) is 14.6. The number of benzene rings is 7. The highest BCUT2D eigenvalue weighted by molar-refractivity contribution is 6.33. The van der Waals surface area contributed by atoms with Crippen molar-refractivity contribution in [3.05, 3.63) is 181 Å². The van der Waals surface area contributed by atoms with Gasteiger partial charge in [-0.15, -0.1) is 0 Å². The van der Waals surface area contributed by atoms with Crippen molar-refractivity contribution < 1.29 is 0 Å². The molecule has 0 amide bonds. The van der Waals surface area contributed by atoms with Crippen molar-refractivity contribution in [1.82, 2.24) is 19.1 Å². The lowest BCUT2D eigenvalue weighted by Gasteiger charge is -2.24. The van der Waals surface area contributed by atoms with Crippen LogP contribution in [0.3, 0.4) is 0 Å². The highest BCUT2D eigenvalue weighted by atomic mass is 15.2. The summed E-state index contributed by atoms with van der Waals surface area (Å²) in [4.78, 5) is 10.9. The lowest BCUT2D eigenvalue weighted by atomic mass is 9.81. The molecule has 0 bridgehead atoms. The van der Waals surface area contributed by atoms with Crippen molar-refractivity contribution >= 4 is 43.6 Å². The molecule has 10 aromatic rings. The predicted octanol–water partition coefficient (Wildman–Crippen LogP) is 12.3. The highest BCUT2D eigenvalue weighted by Gasteiger charge is 2.42. The summed E-state index contributed by atoms with van der Waals surface area (Å²) in [5.41, 5.74) is 14.6. The summed E-state index contributed by atoms with van der Waals surface area (Å²) in [7, 11) is 0. The molecular formula is C49H34N4. The second kappa shape index (κ2) is 11.1. The van der Waals surface area contributed by atoms with Crippen LogP contribution in [0.25, 0.3) is 88.9 Å². The molecule has 4 heteroatoms. The zero-order chi connectivity index (χ0) is 35.3. The van der Waals surface area contributed by atoms with E-state index in [9.17, 15) is 0 Å². The molecule has 0 unspecified atom stereocenters. The van der Waals surface area contributed by atoms with Crippen LogP contribution >= 0.6 is 0 Å². The maximum atomic E-state index is 5.43. The van der Waals surface area contributed by atoms with Gasteiger partial charge in [0.05, 0.1) is 33.5 Å². The van der Waals surface area contributed by atoms with E-state index < -0.39 is 0 Å². The van der Waals surface area contributed by atoms with Gasteiger partial charge in [-0.3, -0.25) is 4.57 Å². The molecule has 4 nitrogen and oxygen atoms in total. The van der Waals surface area contributed by atoms with Crippen molar-refractivity contribution in [2.24, 2.45) is 0 Å². The van der Waals surface area contributed by atoms with Crippen LogP contribution < -0.4 is 0 Å². The predicted molar refractivity (Wildman–Crippen MR) is 219 cm³/mol. The molecule has 3 aromatic heterocycles. The van der Waals surface area contributed by atoms with Crippen molar-refractivity contribution in [2.45, 2.75) is 19.3 Å². The molecular weight excluding hydrogens is 645 g/mol. The maximum absolute atomic E-state index is 5.43. The van der Waals surface area contributed by atoms with Crippen molar-refractivity contribution in [2.75, 3.05) is 0 Å². The SMILES string of the molecule is CC1(C)c2ccccc2-c2c1c1c(c3ccccc3n1-c1ccccc1)c1c3ccccc3n(-c3nc(-c4ccccc4)cc(-c4ccccc4)n3)c21. The van der Waals surface area contributed by atoms with Crippen LogP contribution in [0.15, 0.2) is 170 Å². The van der Waals surface area contributed by atoms with E-state index in [1.807, 2.05) is 0 Å².